The van der Waals surface area contributed by atoms with E-state index in [9.17, 15) is 9.18 Å². The fourth-order valence-electron chi connectivity index (χ4n) is 4.19. The molecular weight excluding hydrogens is 433 g/mol. The first kappa shape index (κ1) is 23.6. The Kier molecular flexibility index (Phi) is 7.65. The Hall–Kier alpha value is -3.58. The Labute approximate surface area is 199 Å². The van der Waals surface area contributed by atoms with E-state index in [0.29, 0.717) is 13.1 Å². The normalized spacial score (nSPS) is 14.6. The molecule has 6 nitrogen and oxygen atoms in total. The lowest BCUT2D eigenvalue weighted by atomic mass is 9.98. The predicted molar refractivity (Wildman–Crippen MR) is 131 cm³/mol. The van der Waals surface area contributed by atoms with E-state index >= 15 is 0 Å². The number of nitrogens with one attached hydrogen (secondary N) is 1. The zero-order valence-electron chi connectivity index (χ0n) is 19.5. The fourth-order valence-corrected chi connectivity index (χ4v) is 4.19. The Bertz CT molecular complexity index is 1060. The van der Waals surface area contributed by atoms with Gasteiger partial charge in [-0.3, -0.25) is 10.1 Å². The second-order valence-corrected chi connectivity index (χ2v) is 8.20. The zero-order chi connectivity index (χ0) is 23.9. The molecule has 1 N–H and O–H groups in total. The van der Waals surface area contributed by atoms with Crippen LogP contribution in [0.2, 0.25) is 0 Å². The van der Waals surface area contributed by atoms with Gasteiger partial charge < -0.3 is 19.3 Å². The quantitative estimate of drug-likeness (QED) is 0.550. The summed E-state index contributed by atoms with van der Waals surface area (Å²) in [6.07, 6.45) is 0. The number of halogens is 1. The Morgan fingerprint density at radius 1 is 0.824 bits per heavy atom. The molecule has 0 aliphatic carbocycles. The van der Waals surface area contributed by atoms with E-state index in [2.05, 4.69) is 10.2 Å². The van der Waals surface area contributed by atoms with Crippen LogP contribution in [0.15, 0.2) is 72.8 Å². The molecule has 1 unspecified atom stereocenters. The molecule has 1 aliphatic heterocycles. The number of amides is 1. The van der Waals surface area contributed by atoms with Crippen LogP contribution in [-0.2, 0) is 4.79 Å². The second-order valence-electron chi connectivity index (χ2n) is 8.20. The number of nitrogens with zero attached hydrogens (tertiary/aromatic N) is 2. The van der Waals surface area contributed by atoms with Gasteiger partial charge in [-0.2, -0.15) is 0 Å². The summed E-state index contributed by atoms with van der Waals surface area (Å²) in [7, 11) is 3.28. The maximum Gasteiger partial charge on any atom is 0.236 e. The predicted octanol–water partition coefficient (Wildman–Crippen LogP) is 3.87. The van der Waals surface area contributed by atoms with Gasteiger partial charge in [0.05, 0.1) is 26.8 Å². The molecule has 1 atom stereocenters. The minimum absolute atomic E-state index is 0.0509. The monoisotopic (exact) mass is 463 g/mol. The number of carbonyl (C=O) groups excluding carboxylic acids is 1. The maximum atomic E-state index is 13.5. The van der Waals surface area contributed by atoms with Crippen LogP contribution in [-0.4, -0.2) is 57.8 Å². The van der Waals surface area contributed by atoms with Crippen LogP contribution in [0.4, 0.5) is 10.1 Å². The summed E-state index contributed by atoms with van der Waals surface area (Å²) < 4.78 is 24.0. The lowest BCUT2D eigenvalue weighted by molar-refractivity contribution is -0.130. The highest BCUT2D eigenvalue weighted by Crippen LogP contribution is 2.25. The number of rotatable bonds is 8. The molecule has 4 rings (SSSR count). The van der Waals surface area contributed by atoms with Crippen molar-refractivity contribution in [2.24, 2.45) is 0 Å². The van der Waals surface area contributed by atoms with Gasteiger partial charge in [-0.1, -0.05) is 24.3 Å². The van der Waals surface area contributed by atoms with Crippen molar-refractivity contribution in [2.45, 2.75) is 6.04 Å². The van der Waals surface area contributed by atoms with Crippen molar-refractivity contribution >= 4 is 11.6 Å². The van der Waals surface area contributed by atoms with E-state index in [4.69, 9.17) is 9.47 Å². The lowest BCUT2D eigenvalue weighted by Gasteiger charge is -2.36. The number of benzene rings is 3. The standard InChI is InChI=1S/C27H30FN3O3/c1-33-24-11-5-21(6-12-24)27(20-3-7-22(28)8-4-20)29-19-26(32)31-17-15-30(16-18-31)23-9-13-25(34-2)14-10-23/h3-14,27,29H,15-19H2,1-2H3. The van der Waals surface area contributed by atoms with Crippen molar-refractivity contribution in [1.29, 1.82) is 0 Å². The van der Waals surface area contributed by atoms with Gasteiger partial charge >= 0.3 is 0 Å². The Morgan fingerprint density at radius 3 is 1.85 bits per heavy atom. The molecule has 178 valence electrons. The Morgan fingerprint density at radius 2 is 1.32 bits per heavy atom. The molecule has 7 heteroatoms. The minimum atomic E-state index is -0.289. The highest BCUT2D eigenvalue weighted by atomic mass is 19.1. The van der Waals surface area contributed by atoms with Crippen LogP contribution in [0.1, 0.15) is 17.2 Å². The van der Waals surface area contributed by atoms with E-state index in [-0.39, 0.29) is 24.3 Å². The molecule has 1 aliphatic rings. The molecule has 0 radical (unpaired) electrons. The summed E-state index contributed by atoms with van der Waals surface area (Å²) in [4.78, 5) is 17.2. The molecule has 0 bridgehead atoms. The zero-order valence-corrected chi connectivity index (χ0v) is 19.5. The van der Waals surface area contributed by atoms with E-state index in [1.807, 2.05) is 53.4 Å². The average Bonchev–Trinajstić information content (AvgIpc) is 2.90. The van der Waals surface area contributed by atoms with Crippen molar-refractivity contribution < 1.29 is 18.7 Å². The van der Waals surface area contributed by atoms with Crippen molar-refractivity contribution in [1.82, 2.24) is 10.2 Å². The number of ether oxygens (including phenoxy) is 2. The first-order valence-corrected chi connectivity index (χ1v) is 11.4. The molecule has 3 aromatic carbocycles. The van der Waals surface area contributed by atoms with Crippen LogP contribution < -0.4 is 19.7 Å². The van der Waals surface area contributed by atoms with Gasteiger partial charge in [0.1, 0.15) is 17.3 Å². The molecular formula is C27H30FN3O3. The SMILES string of the molecule is COc1ccc(C(NCC(=O)N2CCN(c3ccc(OC)cc3)CC2)c2ccc(F)cc2)cc1. The fraction of sp³-hybridized carbons (Fsp3) is 0.296. The van der Waals surface area contributed by atoms with Gasteiger partial charge in [0.25, 0.3) is 0 Å². The summed E-state index contributed by atoms with van der Waals surface area (Å²) in [6.45, 7) is 3.07. The van der Waals surface area contributed by atoms with Crippen LogP contribution >= 0.6 is 0 Å². The van der Waals surface area contributed by atoms with E-state index in [0.717, 1.165) is 41.4 Å². The first-order valence-electron chi connectivity index (χ1n) is 11.4. The average molecular weight is 464 g/mol. The van der Waals surface area contributed by atoms with E-state index < -0.39 is 0 Å². The number of anilines is 1. The number of hydrogen-bond acceptors (Lipinski definition) is 5. The van der Waals surface area contributed by atoms with Crippen LogP contribution in [0.25, 0.3) is 0 Å². The van der Waals surface area contributed by atoms with Crippen LogP contribution in [0.3, 0.4) is 0 Å². The smallest absolute Gasteiger partial charge is 0.236 e. The van der Waals surface area contributed by atoms with Gasteiger partial charge in [-0.15, -0.1) is 0 Å². The summed E-state index contributed by atoms with van der Waals surface area (Å²) >= 11 is 0. The van der Waals surface area contributed by atoms with Gasteiger partial charge in [0.15, 0.2) is 0 Å². The molecule has 0 saturated carbocycles. The highest BCUT2D eigenvalue weighted by Gasteiger charge is 2.23. The van der Waals surface area contributed by atoms with E-state index in [1.54, 1.807) is 26.4 Å². The topological polar surface area (TPSA) is 54.0 Å². The van der Waals surface area contributed by atoms with Gasteiger partial charge in [-0.25, -0.2) is 4.39 Å². The summed E-state index contributed by atoms with van der Waals surface area (Å²) in [5.74, 6) is 1.35. The van der Waals surface area contributed by atoms with Crippen LogP contribution in [0, 0.1) is 5.82 Å². The van der Waals surface area contributed by atoms with Crippen molar-refractivity contribution in [3.63, 3.8) is 0 Å². The second kappa shape index (κ2) is 11.0. The number of hydrogen-bond donors (Lipinski definition) is 1. The van der Waals surface area contributed by atoms with Gasteiger partial charge in [0, 0.05) is 31.9 Å². The summed E-state index contributed by atoms with van der Waals surface area (Å²) in [5, 5.41) is 3.38. The van der Waals surface area contributed by atoms with Crippen molar-refractivity contribution in [3.05, 3.63) is 89.7 Å². The largest absolute Gasteiger partial charge is 0.497 e. The molecule has 0 aromatic heterocycles. The van der Waals surface area contributed by atoms with Crippen LogP contribution in [0.5, 0.6) is 11.5 Å². The lowest BCUT2D eigenvalue weighted by Crippen LogP contribution is -2.51. The molecule has 3 aromatic rings. The first-order chi connectivity index (χ1) is 16.6. The third-order valence-electron chi connectivity index (χ3n) is 6.18. The summed E-state index contributed by atoms with van der Waals surface area (Å²) in [5.41, 5.74) is 3.00. The molecule has 1 saturated heterocycles. The molecule has 1 heterocycles. The van der Waals surface area contributed by atoms with E-state index in [1.165, 1.54) is 12.1 Å². The summed E-state index contributed by atoms with van der Waals surface area (Å²) in [6, 6.07) is 21.8. The van der Waals surface area contributed by atoms with Gasteiger partial charge in [-0.05, 0) is 59.7 Å². The molecule has 34 heavy (non-hydrogen) atoms. The third-order valence-corrected chi connectivity index (χ3v) is 6.18. The number of carbonyl (C=O) groups is 1. The molecule has 1 amide bonds. The molecule has 1 fully saturated rings. The Balaban J connectivity index is 1.38. The minimum Gasteiger partial charge on any atom is -0.497 e. The van der Waals surface area contributed by atoms with Crippen molar-refractivity contribution in [3.8, 4) is 11.5 Å². The van der Waals surface area contributed by atoms with Gasteiger partial charge in [0.2, 0.25) is 5.91 Å². The number of piperazine rings is 1. The van der Waals surface area contributed by atoms with Crippen molar-refractivity contribution in [2.75, 3.05) is 51.8 Å². The number of methoxy groups -OCH3 is 2. The highest BCUT2D eigenvalue weighted by molar-refractivity contribution is 5.78. The third kappa shape index (κ3) is 5.66. The molecule has 0 spiro atoms. The maximum absolute atomic E-state index is 13.5.